The lowest BCUT2D eigenvalue weighted by molar-refractivity contribution is -0.137. The van der Waals surface area contributed by atoms with Gasteiger partial charge in [-0.2, -0.15) is 23.1 Å². The number of alkyl halides is 4. The van der Waals surface area contributed by atoms with Gasteiger partial charge in [-0.05, 0) is 58.5 Å². The lowest BCUT2D eigenvalue weighted by Gasteiger charge is -2.37. The molecule has 2 aromatic heterocycles. The number of aromatic nitrogens is 3. The molecule has 254 valence electrons. The van der Waals surface area contributed by atoms with Gasteiger partial charge < -0.3 is 25.0 Å². The number of pyridine rings is 1. The Hall–Kier alpha value is -3.23. The number of nitrogens with zero attached hydrogens (tertiary/aromatic N) is 6. The molecule has 7 rings (SSSR count). The van der Waals surface area contributed by atoms with Crippen molar-refractivity contribution >= 4 is 34.0 Å². The van der Waals surface area contributed by atoms with Crippen LogP contribution < -0.4 is 20.1 Å². The van der Waals surface area contributed by atoms with Gasteiger partial charge in [-0.15, -0.1) is 0 Å². The highest BCUT2D eigenvalue weighted by atomic mass is 35.5. The molecule has 0 amide bonds. The average Bonchev–Trinajstić information content (AvgIpc) is 3.68. The smallest absolute Gasteiger partial charge is 0.418 e. The SMILES string of the molecule is CN(C)CCN1c2nc(OC[C@@]34CCCN3C[C@H](F)C4)nc3c(F)c(-c4cc(N)cc(Cl)c4C(F)(F)F)nc(c23)OCC2CCCC21. The number of halogens is 6. The van der Waals surface area contributed by atoms with Crippen LogP contribution in [0.1, 0.15) is 44.1 Å². The maximum Gasteiger partial charge on any atom is 0.418 e. The summed E-state index contributed by atoms with van der Waals surface area (Å²) in [5.74, 6) is -0.780. The third kappa shape index (κ3) is 5.79. The number of benzene rings is 1. The summed E-state index contributed by atoms with van der Waals surface area (Å²) in [6, 6.07) is 1.84. The quantitative estimate of drug-likeness (QED) is 0.239. The molecule has 0 spiro atoms. The molecule has 0 bridgehead atoms. The largest absolute Gasteiger partial charge is 0.477 e. The number of nitrogen functional groups attached to an aromatic ring is 1. The van der Waals surface area contributed by atoms with E-state index in [0.29, 0.717) is 31.9 Å². The first kappa shape index (κ1) is 32.3. The van der Waals surface area contributed by atoms with Crippen LogP contribution in [0.2, 0.25) is 5.02 Å². The second-order valence-corrected chi connectivity index (χ2v) is 13.9. The van der Waals surface area contributed by atoms with Gasteiger partial charge in [0.15, 0.2) is 5.82 Å². The van der Waals surface area contributed by atoms with Crippen molar-refractivity contribution < 1.29 is 31.4 Å². The Labute approximate surface area is 274 Å². The van der Waals surface area contributed by atoms with E-state index in [1.165, 1.54) is 0 Å². The van der Waals surface area contributed by atoms with Gasteiger partial charge in [0, 0.05) is 49.3 Å². The Balaban J connectivity index is 1.43. The monoisotopic (exact) mass is 681 g/mol. The molecule has 15 heteroatoms. The van der Waals surface area contributed by atoms with Crippen molar-refractivity contribution in [1.82, 2.24) is 24.8 Å². The molecule has 4 aliphatic rings. The van der Waals surface area contributed by atoms with Crippen LogP contribution in [-0.2, 0) is 6.18 Å². The predicted octanol–water partition coefficient (Wildman–Crippen LogP) is 5.97. The average molecular weight is 682 g/mol. The first-order valence-corrected chi connectivity index (χ1v) is 16.4. The molecule has 0 radical (unpaired) electrons. The highest BCUT2D eigenvalue weighted by Gasteiger charge is 2.49. The zero-order valence-corrected chi connectivity index (χ0v) is 27.0. The summed E-state index contributed by atoms with van der Waals surface area (Å²) in [6.07, 6.45) is -1.30. The van der Waals surface area contributed by atoms with E-state index >= 15 is 4.39 Å². The van der Waals surface area contributed by atoms with Crippen LogP contribution in [0.4, 0.5) is 33.5 Å². The summed E-state index contributed by atoms with van der Waals surface area (Å²) in [4.78, 5) is 19.9. The molecule has 5 heterocycles. The van der Waals surface area contributed by atoms with Gasteiger partial charge in [-0.3, -0.25) is 4.90 Å². The third-order valence-electron chi connectivity index (χ3n) is 10.1. The van der Waals surface area contributed by atoms with Crippen molar-refractivity contribution in [2.75, 3.05) is 64.1 Å². The summed E-state index contributed by atoms with van der Waals surface area (Å²) in [6.45, 7) is 2.59. The number of rotatable bonds is 7. The minimum Gasteiger partial charge on any atom is -0.477 e. The molecule has 3 aliphatic heterocycles. The van der Waals surface area contributed by atoms with Gasteiger partial charge in [0.05, 0.1) is 22.7 Å². The van der Waals surface area contributed by atoms with E-state index in [1.54, 1.807) is 0 Å². The van der Waals surface area contributed by atoms with Crippen molar-refractivity contribution in [3.63, 3.8) is 0 Å². The van der Waals surface area contributed by atoms with Crippen LogP contribution in [-0.4, -0.2) is 96.0 Å². The Bertz CT molecular complexity index is 1690. The first-order valence-electron chi connectivity index (χ1n) is 16.0. The minimum atomic E-state index is -4.94. The lowest BCUT2D eigenvalue weighted by atomic mass is 9.95. The molecule has 1 saturated carbocycles. The molecule has 1 aromatic carbocycles. The highest BCUT2D eigenvalue weighted by molar-refractivity contribution is 6.32. The van der Waals surface area contributed by atoms with E-state index in [9.17, 15) is 17.6 Å². The van der Waals surface area contributed by atoms with Gasteiger partial charge in [-0.25, -0.2) is 13.8 Å². The molecular weight excluding hydrogens is 645 g/mol. The Kier molecular flexibility index (Phi) is 8.27. The van der Waals surface area contributed by atoms with Gasteiger partial charge in [-0.1, -0.05) is 18.0 Å². The summed E-state index contributed by atoms with van der Waals surface area (Å²) in [7, 11) is 3.90. The maximum absolute atomic E-state index is 16.8. The summed E-state index contributed by atoms with van der Waals surface area (Å²) in [5, 5.41) is -0.534. The van der Waals surface area contributed by atoms with Crippen molar-refractivity contribution in [3.8, 4) is 23.1 Å². The molecular formula is C32H37ClF5N7O2. The molecule has 2 N–H and O–H groups in total. The van der Waals surface area contributed by atoms with E-state index in [-0.39, 0.29) is 53.7 Å². The molecule has 2 saturated heterocycles. The highest BCUT2D eigenvalue weighted by Crippen LogP contribution is 2.47. The van der Waals surface area contributed by atoms with Crippen LogP contribution in [0, 0.1) is 11.7 Å². The number of nitrogens with two attached hydrogens (primary N) is 1. The van der Waals surface area contributed by atoms with E-state index in [1.807, 2.05) is 19.0 Å². The van der Waals surface area contributed by atoms with Crippen LogP contribution in [0.15, 0.2) is 12.1 Å². The summed E-state index contributed by atoms with van der Waals surface area (Å²) >= 11 is 6.05. The summed E-state index contributed by atoms with van der Waals surface area (Å²) < 4.78 is 86.8. The number of anilines is 2. The molecule has 9 nitrogen and oxygen atoms in total. The zero-order chi connectivity index (χ0) is 33.2. The second kappa shape index (κ2) is 12.0. The number of hydrogen-bond donors (Lipinski definition) is 1. The third-order valence-corrected chi connectivity index (χ3v) is 10.4. The van der Waals surface area contributed by atoms with Crippen molar-refractivity contribution in [2.24, 2.45) is 5.92 Å². The second-order valence-electron chi connectivity index (χ2n) is 13.5. The fourth-order valence-electron chi connectivity index (χ4n) is 7.95. The molecule has 4 atom stereocenters. The van der Waals surface area contributed by atoms with Gasteiger partial charge in [0.1, 0.15) is 35.2 Å². The molecule has 2 unspecified atom stereocenters. The van der Waals surface area contributed by atoms with Crippen LogP contribution in [0.25, 0.3) is 22.2 Å². The molecule has 47 heavy (non-hydrogen) atoms. The predicted molar refractivity (Wildman–Crippen MR) is 168 cm³/mol. The fraction of sp³-hybridized carbons (Fsp3) is 0.594. The number of ether oxygens (including phenoxy) is 2. The van der Waals surface area contributed by atoms with Gasteiger partial charge in [0.2, 0.25) is 5.88 Å². The van der Waals surface area contributed by atoms with Crippen LogP contribution in [0.3, 0.4) is 0 Å². The molecule has 1 aliphatic carbocycles. The fourth-order valence-corrected chi connectivity index (χ4v) is 8.29. The summed E-state index contributed by atoms with van der Waals surface area (Å²) in [5.41, 5.74) is 2.45. The van der Waals surface area contributed by atoms with E-state index < -0.39 is 45.5 Å². The Morgan fingerprint density at radius 1 is 1.17 bits per heavy atom. The van der Waals surface area contributed by atoms with Crippen LogP contribution >= 0.6 is 11.6 Å². The van der Waals surface area contributed by atoms with Gasteiger partial charge >= 0.3 is 12.2 Å². The van der Waals surface area contributed by atoms with E-state index in [4.69, 9.17) is 31.8 Å². The minimum absolute atomic E-state index is 0.0207. The number of hydrogen-bond acceptors (Lipinski definition) is 9. The standard InChI is InChI=1S/C32H37ClF5N7O2/c1-43(2)9-10-45-22-6-3-5-17(22)15-46-29-23-27(25(35)26(40-29)20-11-19(39)12-21(33)24(20)32(36,37)38)41-30(42-28(23)45)47-16-31-7-4-8-44(31)14-18(34)13-31/h11-12,17-18,22H,3-10,13-16,39H2,1-2H3/t17?,18-,22?,31+/m1/s1. The Morgan fingerprint density at radius 2 is 1.98 bits per heavy atom. The van der Waals surface area contributed by atoms with Crippen molar-refractivity contribution in [2.45, 2.75) is 62.5 Å². The topological polar surface area (TPSA) is 92.9 Å². The maximum atomic E-state index is 16.8. The Morgan fingerprint density at radius 3 is 2.74 bits per heavy atom. The number of likely N-dealkylation sites (N-methyl/N-ethyl adjacent to an activating group) is 1. The van der Waals surface area contributed by atoms with Crippen LogP contribution in [0.5, 0.6) is 11.9 Å². The van der Waals surface area contributed by atoms with Crippen molar-refractivity contribution in [1.29, 1.82) is 0 Å². The lowest BCUT2D eigenvalue weighted by Crippen LogP contribution is -2.45. The zero-order valence-electron chi connectivity index (χ0n) is 26.2. The first-order chi connectivity index (χ1) is 22.3. The van der Waals surface area contributed by atoms with E-state index in [0.717, 1.165) is 50.8 Å². The normalized spacial score (nSPS) is 26.0. The molecule has 3 aromatic rings. The molecule has 3 fully saturated rings. The van der Waals surface area contributed by atoms with E-state index in [2.05, 4.69) is 19.8 Å². The number of fused-ring (bicyclic) bond motifs is 2. The van der Waals surface area contributed by atoms with Crippen molar-refractivity contribution in [3.05, 3.63) is 28.5 Å². The van der Waals surface area contributed by atoms with Gasteiger partial charge in [0.25, 0.3) is 0 Å².